The van der Waals surface area contributed by atoms with E-state index in [4.69, 9.17) is 0 Å². The summed E-state index contributed by atoms with van der Waals surface area (Å²) in [4.78, 5) is 46.6. The van der Waals surface area contributed by atoms with Crippen molar-refractivity contribution >= 4 is 19.4 Å². The number of hydrogen-bond acceptors (Lipinski definition) is 8. The predicted molar refractivity (Wildman–Crippen MR) is 106 cm³/mol. The topological polar surface area (TPSA) is 147 Å². The van der Waals surface area contributed by atoms with Gasteiger partial charge in [0.15, 0.2) is 17.2 Å². The quantitative estimate of drug-likeness (QED) is 0.279. The Labute approximate surface area is 242 Å². The smallest absolute Gasteiger partial charge is 0.790 e. The Morgan fingerprint density at radius 1 is 1.29 bits per heavy atom. The number of phosphoric ester groups is 1. The molecule has 4 aliphatic carbocycles. The van der Waals surface area contributed by atoms with Gasteiger partial charge in [-0.15, -0.1) is 0 Å². The molecular formula is C22H28FNa2O8P. The average Bonchev–Trinajstić information content (AvgIpc) is 2.89. The fourth-order valence-electron chi connectivity index (χ4n) is 7.39. The van der Waals surface area contributed by atoms with Crippen molar-refractivity contribution in [2.45, 2.75) is 63.8 Å². The normalized spacial score (nSPS) is 45.2. The Morgan fingerprint density at radius 3 is 2.50 bits per heavy atom. The summed E-state index contributed by atoms with van der Waals surface area (Å²) in [6, 6.07) is 0. The van der Waals surface area contributed by atoms with E-state index < -0.39 is 66.2 Å². The number of carbonyl (C=O) groups is 2. The molecule has 4 aliphatic rings. The maximum Gasteiger partial charge on any atom is 1.00 e. The number of alkyl halides is 1. The van der Waals surface area contributed by atoms with Crippen molar-refractivity contribution in [3.8, 4) is 0 Å². The van der Waals surface area contributed by atoms with Crippen LogP contribution in [0.2, 0.25) is 0 Å². The van der Waals surface area contributed by atoms with E-state index >= 15 is 4.39 Å². The van der Waals surface area contributed by atoms with Crippen LogP contribution in [0.15, 0.2) is 23.8 Å². The minimum atomic E-state index is -5.43. The number of rotatable bonds is 4. The van der Waals surface area contributed by atoms with Crippen LogP contribution in [-0.2, 0) is 18.7 Å². The zero-order valence-corrected chi connectivity index (χ0v) is 25.1. The molecule has 0 bridgehead atoms. The Hall–Kier alpha value is 0.780. The molecule has 8 nitrogen and oxygen atoms in total. The zero-order valence-electron chi connectivity index (χ0n) is 20.2. The summed E-state index contributed by atoms with van der Waals surface area (Å²) in [7, 11) is -5.43. The number of aliphatic hydroxyl groups is 2. The average molecular weight is 516 g/mol. The third-order valence-electron chi connectivity index (χ3n) is 9.00. The first-order valence-electron chi connectivity index (χ1n) is 10.8. The van der Waals surface area contributed by atoms with Gasteiger partial charge in [0.2, 0.25) is 0 Å². The molecule has 12 heteroatoms. The van der Waals surface area contributed by atoms with Crippen LogP contribution in [-0.4, -0.2) is 45.8 Å². The molecule has 0 unspecified atom stereocenters. The number of Topliss-reactive ketones (excluding diaryl/α,β-unsaturated/α-hetero) is 1. The van der Waals surface area contributed by atoms with E-state index in [-0.39, 0.29) is 77.7 Å². The zero-order chi connectivity index (χ0) is 23.9. The van der Waals surface area contributed by atoms with Gasteiger partial charge in [-0.1, -0.05) is 25.5 Å². The van der Waals surface area contributed by atoms with Crippen LogP contribution in [0.1, 0.15) is 46.5 Å². The van der Waals surface area contributed by atoms with Gasteiger partial charge in [-0.25, -0.2) is 4.39 Å². The predicted octanol–water partition coefficient (Wildman–Crippen LogP) is -5.24. The number of carbonyl (C=O) groups excluding carboxylic acids is 2. The van der Waals surface area contributed by atoms with Crippen LogP contribution < -0.4 is 68.9 Å². The fourth-order valence-corrected chi connectivity index (χ4v) is 7.66. The summed E-state index contributed by atoms with van der Waals surface area (Å²) in [5.74, 6) is -3.06. The minimum Gasteiger partial charge on any atom is -0.790 e. The molecule has 0 saturated heterocycles. The molecule has 0 aliphatic heterocycles. The van der Waals surface area contributed by atoms with Gasteiger partial charge < -0.3 is 29.1 Å². The van der Waals surface area contributed by atoms with E-state index in [1.807, 2.05) is 0 Å². The summed E-state index contributed by atoms with van der Waals surface area (Å²) >= 11 is 0. The van der Waals surface area contributed by atoms with E-state index in [2.05, 4.69) is 4.52 Å². The third kappa shape index (κ3) is 4.20. The largest absolute Gasteiger partial charge is 1.00 e. The van der Waals surface area contributed by atoms with Crippen molar-refractivity contribution in [1.82, 2.24) is 0 Å². The molecule has 0 radical (unpaired) electrons. The van der Waals surface area contributed by atoms with Gasteiger partial charge in [-0.3, -0.25) is 9.59 Å². The summed E-state index contributed by atoms with van der Waals surface area (Å²) in [6.07, 6.45) is 3.54. The number of phosphoric acid groups is 1. The Bertz CT molecular complexity index is 984. The fraction of sp³-hybridized carbons (Fsp3) is 0.727. The minimum absolute atomic E-state index is 0. The molecule has 34 heavy (non-hydrogen) atoms. The molecule has 8 atom stereocenters. The number of fused-ring (bicyclic) bond motifs is 5. The van der Waals surface area contributed by atoms with Gasteiger partial charge in [0.1, 0.15) is 12.2 Å². The van der Waals surface area contributed by atoms with E-state index in [0.29, 0.717) is 18.4 Å². The van der Waals surface area contributed by atoms with Gasteiger partial charge in [-0.05, 0) is 56.6 Å². The third-order valence-corrected chi connectivity index (χ3v) is 9.45. The van der Waals surface area contributed by atoms with Crippen molar-refractivity contribution in [2.24, 2.45) is 28.6 Å². The van der Waals surface area contributed by atoms with Crippen molar-refractivity contribution in [1.29, 1.82) is 0 Å². The van der Waals surface area contributed by atoms with Crippen LogP contribution >= 0.6 is 7.82 Å². The Balaban J connectivity index is 0.00000204. The number of aliphatic hydroxyl groups excluding tert-OH is 1. The van der Waals surface area contributed by atoms with Gasteiger partial charge in [-0.2, -0.15) is 0 Å². The maximum absolute atomic E-state index is 17.0. The molecular weight excluding hydrogens is 488 g/mol. The molecule has 0 amide bonds. The number of ketones is 2. The Kier molecular flexibility index (Phi) is 8.96. The van der Waals surface area contributed by atoms with E-state index in [0.717, 1.165) is 0 Å². The molecule has 0 aromatic heterocycles. The van der Waals surface area contributed by atoms with Crippen LogP contribution in [0.3, 0.4) is 0 Å². The second kappa shape index (κ2) is 9.83. The summed E-state index contributed by atoms with van der Waals surface area (Å²) in [6.45, 7) is 3.80. The molecule has 0 aromatic rings. The van der Waals surface area contributed by atoms with Crippen LogP contribution in [0, 0.1) is 28.6 Å². The summed E-state index contributed by atoms with van der Waals surface area (Å²) in [5.41, 5.74) is -6.03. The molecule has 2 N–H and O–H groups in total. The maximum atomic E-state index is 17.0. The van der Waals surface area contributed by atoms with Crippen LogP contribution in [0.5, 0.6) is 0 Å². The first-order valence-corrected chi connectivity index (χ1v) is 12.3. The molecule has 0 spiro atoms. The van der Waals surface area contributed by atoms with Crippen molar-refractivity contribution in [2.75, 3.05) is 6.61 Å². The molecule has 178 valence electrons. The van der Waals surface area contributed by atoms with Gasteiger partial charge in [0, 0.05) is 16.7 Å². The standard InChI is InChI=1S/C22H30FO8P.2Na/c1-12-8-16-15-5-4-13-9-14(24)6-7-19(13,2)21(15,23)17(25)10-20(16,3)22(12,27)18(26)11-31-32(28,29)30;;/h6-7,9,12,15-17,25,27H,4-5,8,10-11H2,1-3H3,(H2,28,29,30);;/q;2*+1/p-2/t12-,15-,16+,17+,19+,20+,21+,22+;;/m1../s1. The second-order valence-corrected chi connectivity index (χ2v) is 11.5. The molecule has 3 saturated carbocycles. The van der Waals surface area contributed by atoms with Crippen LogP contribution in [0.25, 0.3) is 0 Å². The van der Waals surface area contributed by atoms with E-state index in [1.165, 1.54) is 18.2 Å². The van der Waals surface area contributed by atoms with E-state index in [1.54, 1.807) is 20.8 Å². The van der Waals surface area contributed by atoms with Gasteiger partial charge in [0.05, 0.1) is 13.9 Å². The van der Waals surface area contributed by atoms with Gasteiger partial charge >= 0.3 is 59.1 Å². The van der Waals surface area contributed by atoms with E-state index in [9.17, 15) is 34.2 Å². The Morgan fingerprint density at radius 2 is 1.91 bits per heavy atom. The van der Waals surface area contributed by atoms with Crippen LogP contribution in [0.4, 0.5) is 4.39 Å². The number of hydrogen-bond donors (Lipinski definition) is 2. The number of allylic oxidation sites excluding steroid dienone is 4. The number of halogens is 1. The first-order chi connectivity index (χ1) is 14.6. The molecule has 0 aromatic carbocycles. The molecule has 4 rings (SSSR count). The summed E-state index contributed by atoms with van der Waals surface area (Å²) < 4.78 is 32.0. The van der Waals surface area contributed by atoms with Crippen molar-refractivity contribution in [3.63, 3.8) is 0 Å². The van der Waals surface area contributed by atoms with Gasteiger partial charge in [0.25, 0.3) is 0 Å². The SMILES string of the molecule is C[C@@H]1C[C@H]2[C@H]3CCC4=CC(=O)C=C[C@]4(C)[C@@]3(F)[C@@H](O)C[C@]2(C)[C@@]1(O)C(=O)COP(=O)([O-])[O-].[Na+].[Na+]. The first kappa shape index (κ1) is 31.0. The van der Waals surface area contributed by atoms with Crippen molar-refractivity contribution < 1.29 is 102 Å². The molecule has 3 fully saturated rings. The second-order valence-electron chi connectivity index (χ2n) is 10.3. The summed E-state index contributed by atoms with van der Waals surface area (Å²) in [5, 5.41) is 22.8. The van der Waals surface area contributed by atoms with Crippen molar-refractivity contribution in [3.05, 3.63) is 23.8 Å². The molecule has 0 heterocycles. The monoisotopic (exact) mass is 516 g/mol.